The Morgan fingerprint density at radius 3 is 2.62 bits per heavy atom. The number of nitrogens with zero attached hydrogens (tertiary/aromatic N) is 5. The minimum atomic E-state index is -0.854. The van der Waals surface area contributed by atoms with Crippen molar-refractivity contribution in [1.82, 2.24) is 4.90 Å². The summed E-state index contributed by atoms with van der Waals surface area (Å²) < 4.78 is 21.9. The van der Waals surface area contributed by atoms with E-state index in [-0.39, 0.29) is 60.2 Å². The lowest BCUT2D eigenvalue weighted by molar-refractivity contribution is -0.384. The number of β-lactam (4-membered cyclic amide) rings is 1. The SMILES string of the molecule is CC(C)COC(=O)OC(C)C1C(=O)N2C(C(=O)OCc3ccc([N+](=O)[O-])cc3)=C(SC3COC(CN=[N+]=[N-])C3)C(C)C12. The Balaban J connectivity index is 1.51. The first-order chi connectivity index (χ1) is 20.0. The second-order valence-electron chi connectivity index (χ2n) is 10.8. The molecule has 42 heavy (non-hydrogen) atoms. The zero-order chi connectivity index (χ0) is 30.6. The molecule has 3 aliphatic heterocycles. The number of carbonyl (C=O) groups excluding carboxylic acids is 3. The van der Waals surface area contributed by atoms with Crippen molar-refractivity contribution in [3.8, 4) is 0 Å². The van der Waals surface area contributed by atoms with Crippen molar-refractivity contribution in [2.75, 3.05) is 19.8 Å². The lowest BCUT2D eigenvalue weighted by Gasteiger charge is -2.47. The number of thioether (sulfide) groups is 1. The lowest BCUT2D eigenvalue weighted by Crippen LogP contribution is -2.64. The number of amides is 1. The van der Waals surface area contributed by atoms with E-state index in [1.807, 2.05) is 20.8 Å². The van der Waals surface area contributed by atoms with Crippen molar-refractivity contribution in [3.05, 3.63) is 61.0 Å². The number of rotatable bonds is 12. The largest absolute Gasteiger partial charge is 0.508 e. The van der Waals surface area contributed by atoms with E-state index in [4.69, 9.17) is 24.5 Å². The Kier molecular flexibility index (Phi) is 9.97. The molecule has 1 aromatic rings. The summed E-state index contributed by atoms with van der Waals surface area (Å²) in [7, 11) is 0. The first kappa shape index (κ1) is 31.1. The van der Waals surface area contributed by atoms with E-state index in [0.717, 1.165) is 0 Å². The fraction of sp³-hybridized carbons (Fsp3) is 0.593. The van der Waals surface area contributed by atoms with Crippen LogP contribution in [0, 0.1) is 27.9 Å². The number of azide groups is 1. The molecule has 2 fully saturated rings. The highest BCUT2D eigenvalue weighted by Gasteiger charge is 2.61. The van der Waals surface area contributed by atoms with Crippen LogP contribution >= 0.6 is 11.8 Å². The van der Waals surface area contributed by atoms with Crippen molar-refractivity contribution < 1.29 is 38.3 Å². The molecule has 0 radical (unpaired) electrons. The summed E-state index contributed by atoms with van der Waals surface area (Å²) in [6, 6.07) is 5.20. The van der Waals surface area contributed by atoms with Crippen molar-refractivity contribution in [2.24, 2.45) is 22.9 Å². The summed E-state index contributed by atoms with van der Waals surface area (Å²) >= 11 is 1.43. The molecule has 0 saturated carbocycles. The molecule has 226 valence electrons. The van der Waals surface area contributed by atoms with Gasteiger partial charge in [0.15, 0.2) is 0 Å². The molecule has 6 unspecified atom stereocenters. The summed E-state index contributed by atoms with van der Waals surface area (Å²) in [5.41, 5.74) is 9.22. The molecule has 15 heteroatoms. The number of carbonyl (C=O) groups is 3. The predicted octanol–water partition coefficient (Wildman–Crippen LogP) is 4.73. The van der Waals surface area contributed by atoms with Gasteiger partial charge in [-0.15, -0.1) is 11.8 Å². The number of hydrogen-bond acceptors (Lipinski definition) is 11. The summed E-state index contributed by atoms with van der Waals surface area (Å²) in [6.45, 7) is 7.94. The fourth-order valence-electron chi connectivity index (χ4n) is 5.27. The van der Waals surface area contributed by atoms with Crippen LogP contribution in [-0.4, -0.2) is 71.1 Å². The Morgan fingerprint density at radius 1 is 1.26 bits per heavy atom. The van der Waals surface area contributed by atoms with Crippen LogP contribution in [0.3, 0.4) is 0 Å². The molecule has 3 heterocycles. The molecule has 0 aliphatic carbocycles. The van der Waals surface area contributed by atoms with E-state index < -0.39 is 35.1 Å². The molecule has 0 bridgehead atoms. The lowest BCUT2D eigenvalue weighted by atomic mass is 9.79. The molecule has 1 amide bonds. The first-order valence-corrected chi connectivity index (χ1v) is 14.5. The maximum atomic E-state index is 13.5. The van der Waals surface area contributed by atoms with Crippen LogP contribution in [0.25, 0.3) is 10.4 Å². The van der Waals surface area contributed by atoms with Gasteiger partial charge in [-0.2, -0.15) is 0 Å². The van der Waals surface area contributed by atoms with Crippen molar-refractivity contribution >= 4 is 35.5 Å². The number of fused-ring (bicyclic) bond motifs is 1. The number of non-ortho nitro benzene ring substituents is 1. The number of benzene rings is 1. The van der Waals surface area contributed by atoms with Crippen LogP contribution in [-0.2, 0) is 35.1 Å². The van der Waals surface area contributed by atoms with Gasteiger partial charge in [0.25, 0.3) is 5.69 Å². The normalized spacial score (nSPS) is 25.4. The first-order valence-electron chi connectivity index (χ1n) is 13.6. The van der Waals surface area contributed by atoms with E-state index in [1.54, 1.807) is 6.92 Å². The second-order valence-corrected chi connectivity index (χ2v) is 12.2. The number of ether oxygens (including phenoxy) is 4. The van der Waals surface area contributed by atoms with Gasteiger partial charge in [0.1, 0.15) is 18.4 Å². The standard InChI is InChI=1S/C27H33N5O9S/c1-14(2)11-40-27(35)41-16(4)21-22-15(3)24(42-20-9-19(38-13-20)10-29-30-28)23(31(22)25(21)33)26(34)39-12-17-5-7-18(8-6-17)32(36)37/h5-8,14-16,19-22H,9-13H2,1-4H3. The second kappa shape index (κ2) is 13.4. The molecule has 0 spiro atoms. The van der Waals surface area contributed by atoms with Gasteiger partial charge < -0.3 is 23.8 Å². The Hall–Kier alpha value is -3.81. The maximum Gasteiger partial charge on any atom is 0.508 e. The smallest absolute Gasteiger partial charge is 0.456 e. The predicted molar refractivity (Wildman–Crippen MR) is 150 cm³/mol. The summed E-state index contributed by atoms with van der Waals surface area (Å²) in [5.74, 6) is -1.89. The van der Waals surface area contributed by atoms with Crippen LogP contribution in [0.5, 0.6) is 0 Å². The van der Waals surface area contributed by atoms with Crippen LogP contribution < -0.4 is 0 Å². The van der Waals surface area contributed by atoms with Crippen LogP contribution in [0.2, 0.25) is 0 Å². The van der Waals surface area contributed by atoms with Gasteiger partial charge in [-0.05, 0) is 42.5 Å². The summed E-state index contributed by atoms with van der Waals surface area (Å²) in [5, 5.41) is 14.5. The third-order valence-electron chi connectivity index (χ3n) is 7.31. The minimum absolute atomic E-state index is 0.0502. The molecule has 0 N–H and O–H groups in total. The Labute approximate surface area is 246 Å². The number of hydrogen-bond donors (Lipinski definition) is 0. The van der Waals surface area contributed by atoms with Crippen molar-refractivity contribution in [3.63, 3.8) is 0 Å². The number of nitro groups is 1. The van der Waals surface area contributed by atoms with Gasteiger partial charge in [0.2, 0.25) is 5.91 Å². The average molecular weight is 604 g/mol. The Bertz CT molecular complexity index is 1300. The van der Waals surface area contributed by atoms with E-state index in [9.17, 15) is 24.5 Å². The van der Waals surface area contributed by atoms with E-state index in [2.05, 4.69) is 10.0 Å². The topological polar surface area (TPSA) is 183 Å². The van der Waals surface area contributed by atoms with Crippen molar-refractivity contribution in [2.45, 2.75) is 64.2 Å². The molecular formula is C27H33N5O9S. The summed E-state index contributed by atoms with van der Waals surface area (Å²) in [6.07, 6.45) is -1.29. The van der Waals surface area contributed by atoms with Gasteiger partial charge >= 0.3 is 12.1 Å². The number of esters is 1. The van der Waals surface area contributed by atoms with E-state index in [1.165, 1.54) is 40.9 Å². The molecular weight excluding hydrogens is 570 g/mol. The van der Waals surface area contributed by atoms with E-state index >= 15 is 0 Å². The maximum absolute atomic E-state index is 13.5. The van der Waals surface area contributed by atoms with Crippen LogP contribution in [0.15, 0.2) is 40.0 Å². The quantitative estimate of drug-likeness (QED) is 0.0616. The van der Waals surface area contributed by atoms with Gasteiger partial charge in [-0.25, -0.2) is 9.59 Å². The monoisotopic (exact) mass is 603 g/mol. The highest BCUT2D eigenvalue weighted by Crippen LogP contribution is 2.52. The molecule has 4 rings (SSSR count). The minimum Gasteiger partial charge on any atom is -0.456 e. The average Bonchev–Trinajstić information content (AvgIpc) is 3.50. The fourth-order valence-corrected chi connectivity index (χ4v) is 6.73. The van der Waals surface area contributed by atoms with E-state index in [0.29, 0.717) is 23.5 Å². The van der Waals surface area contributed by atoms with Gasteiger partial charge in [-0.3, -0.25) is 14.9 Å². The number of nitro benzene ring substituents is 1. The van der Waals surface area contributed by atoms with Crippen LogP contribution in [0.4, 0.5) is 10.5 Å². The molecule has 1 aromatic carbocycles. The highest BCUT2D eigenvalue weighted by atomic mass is 32.2. The Morgan fingerprint density at radius 2 is 1.98 bits per heavy atom. The third-order valence-corrected chi connectivity index (χ3v) is 8.79. The zero-order valence-corrected chi connectivity index (χ0v) is 24.5. The highest BCUT2D eigenvalue weighted by molar-refractivity contribution is 8.03. The molecule has 14 nitrogen and oxygen atoms in total. The molecule has 3 aliphatic rings. The molecule has 6 atom stereocenters. The van der Waals surface area contributed by atoms with Gasteiger partial charge in [0.05, 0.1) is 42.7 Å². The molecule has 2 saturated heterocycles. The molecule has 0 aromatic heterocycles. The zero-order valence-electron chi connectivity index (χ0n) is 23.7. The van der Waals surface area contributed by atoms with Crippen molar-refractivity contribution in [1.29, 1.82) is 0 Å². The third kappa shape index (κ3) is 6.80. The van der Waals surface area contributed by atoms with Crippen LogP contribution in [0.1, 0.15) is 39.7 Å². The van der Waals surface area contributed by atoms with Gasteiger partial charge in [-0.1, -0.05) is 25.9 Å². The van der Waals surface area contributed by atoms with Gasteiger partial charge in [0, 0.05) is 33.1 Å². The summed E-state index contributed by atoms with van der Waals surface area (Å²) in [4.78, 5) is 54.4.